The Morgan fingerprint density at radius 2 is 1.55 bits per heavy atom. The topological polar surface area (TPSA) is 9.23 Å². The lowest BCUT2D eigenvalue weighted by Crippen LogP contribution is -2.13. The van der Waals surface area contributed by atoms with Crippen LogP contribution in [0.2, 0.25) is 0 Å². The Labute approximate surface area is 176 Å². The summed E-state index contributed by atoms with van der Waals surface area (Å²) in [6.07, 6.45) is 15.4. The van der Waals surface area contributed by atoms with Crippen LogP contribution < -0.4 is 4.74 Å². The van der Waals surface area contributed by atoms with Crippen LogP contribution in [0, 0.1) is 35.3 Å². The molecule has 0 unspecified atom stereocenters. The summed E-state index contributed by atoms with van der Waals surface area (Å²) in [5, 5.41) is 0. The smallest absolute Gasteiger partial charge is 0.201 e. The van der Waals surface area contributed by atoms with Gasteiger partial charge in [-0.3, -0.25) is 0 Å². The lowest BCUT2D eigenvalue weighted by atomic mass is 9.80. The van der Waals surface area contributed by atoms with Crippen molar-refractivity contribution in [2.24, 2.45) is 11.8 Å². The van der Waals surface area contributed by atoms with E-state index in [9.17, 15) is 8.78 Å². The Balaban J connectivity index is 1.81. The second-order valence-electron chi connectivity index (χ2n) is 8.48. The molecular formula is C26H38F2O. The largest absolute Gasteiger partial charge is 0.490 e. The SMILES string of the molecule is CCCCCCOc1ccc(C#C[C@H]2CC[C@H](CCCCCC)CC2)c(F)c1F. The summed E-state index contributed by atoms with van der Waals surface area (Å²) in [6.45, 7) is 4.80. The highest BCUT2D eigenvalue weighted by atomic mass is 19.2. The lowest BCUT2D eigenvalue weighted by Gasteiger charge is -2.25. The summed E-state index contributed by atoms with van der Waals surface area (Å²) in [7, 11) is 0. The van der Waals surface area contributed by atoms with E-state index in [2.05, 4.69) is 25.7 Å². The van der Waals surface area contributed by atoms with E-state index in [0.29, 0.717) is 12.5 Å². The normalized spacial score (nSPS) is 18.9. The molecule has 0 amide bonds. The first kappa shape index (κ1) is 23.7. The standard InChI is InChI=1S/C26H38F2O/c1-3-5-7-9-11-21-12-14-22(15-13-21)16-17-23-18-19-24(26(28)25(23)27)29-20-10-8-6-4-2/h18-19,21-22H,3-15,20H2,1-2H3/t21-,22-. The third kappa shape index (κ3) is 8.37. The molecule has 1 aliphatic rings. The average molecular weight is 405 g/mol. The van der Waals surface area contributed by atoms with Crippen LogP contribution in [0.25, 0.3) is 0 Å². The van der Waals surface area contributed by atoms with Crippen molar-refractivity contribution in [3.05, 3.63) is 29.3 Å². The van der Waals surface area contributed by atoms with Crippen molar-refractivity contribution in [2.75, 3.05) is 6.61 Å². The van der Waals surface area contributed by atoms with Crippen molar-refractivity contribution >= 4 is 0 Å². The Hall–Kier alpha value is -1.56. The number of hydrogen-bond donors (Lipinski definition) is 0. The molecule has 1 aliphatic carbocycles. The van der Waals surface area contributed by atoms with Crippen LogP contribution in [0.5, 0.6) is 5.75 Å². The van der Waals surface area contributed by atoms with Crippen LogP contribution in [0.1, 0.15) is 103 Å². The van der Waals surface area contributed by atoms with E-state index >= 15 is 0 Å². The molecule has 0 aliphatic heterocycles. The number of ether oxygens (including phenoxy) is 1. The van der Waals surface area contributed by atoms with Gasteiger partial charge in [0.25, 0.3) is 0 Å². The molecule has 162 valence electrons. The van der Waals surface area contributed by atoms with Crippen LogP contribution in [0.4, 0.5) is 8.78 Å². The van der Waals surface area contributed by atoms with Crippen molar-refractivity contribution < 1.29 is 13.5 Å². The first-order valence-corrected chi connectivity index (χ1v) is 11.8. The highest BCUT2D eigenvalue weighted by Crippen LogP contribution is 2.32. The number of rotatable bonds is 11. The van der Waals surface area contributed by atoms with Gasteiger partial charge < -0.3 is 4.74 Å². The van der Waals surface area contributed by atoms with Crippen LogP contribution >= 0.6 is 0 Å². The van der Waals surface area contributed by atoms with Crippen LogP contribution in [0.3, 0.4) is 0 Å². The van der Waals surface area contributed by atoms with Gasteiger partial charge >= 0.3 is 0 Å². The number of unbranched alkanes of at least 4 members (excludes halogenated alkanes) is 6. The minimum absolute atomic E-state index is 0.00636. The molecule has 1 saturated carbocycles. The second kappa shape index (κ2) is 13.6. The molecule has 1 aromatic carbocycles. The third-order valence-corrected chi connectivity index (χ3v) is 6.03. The Morgan fingerprint density at radius 1 is 0.862 bits per heavy atom. The summed E-state index contributed by atoms with van der Waals surface area (Å²) >= 11 is 0. The molecule has 1 fully saturated rings. The summed E-state index contributed by atoms with van der Waals surface area (Å²) in [5.41, 5.74) is 0.141. The quantitative estimate of drug-likeness (QED) is 0.268. The van der Waals surface area contributed by atoms with E-state index in [1.165, 1.54) is 51.0 Å². The molecule has 0 N–H and O–H groups in total. The predicted molar refractivity (Wildman–Crippen MR) is 117 cm³/mol. The minimum atomic E-state index is -0.914. The molecule has 0 bridgehead atoms. The molecule has 1 aromatic rings. The van der Waals surface area contributed by atoms with E-state index in [-0.39, 0.29) is 11.3 Å². The molecule has 0 atom stereocenters. The van der Waals surface area contributed by atoms with Crippen molar-refractivity contribution in [1.29, 1.82) is 0 Å². The lowest BCUT2D eigenvalue weighted by molar-refractivity contribution is 0.285. The molecule has 1 nitrogen and oxygen atoms in total. The first-order valence-electron chi connectivity index (χ1n) is 11.8. The first-order chi connectivity index (χ1) is 14.2. The number of benzene rings is 1. The second-order valence-corrected chi connectivity index (χ2v) is 8.48. The van der Waals surface area contributed by atoms with Gasteiger partial charge in [0.1, 0.15) is 0 Å². The van der Waals surface area contributed by atoms with Crippen molar-refractivity contribution in [1.82, 2.24) is 0 Å². The molecule has 0 spiro atoms. The Morgan fingerprint density at radius 3 is 2.24 bits per heavy atom. The van der Waals surface area contributed by atoms with Crippen LogP contribution in [-0.2, 0) is 0 Å². The molecule has 0 saturated heterocycles. The van der Waals surface area contributed by atoms with E-state index in [4.69, 9.17) is 4.74 Å². The minimum Gasteiger partial charge on any atom is -0.490 e. The highest BCUT2D eigenvalue weighted by molar-refractivity contribution is 5.41. The molecule has 3 heteroatoms. The zero-order valence-electron chi connectivity index (χ0n) is 18.4. The fourth-order valence-corrected chi connectivity index (χ4v) is 4.09. The molecule has 29 heavy (non-hydrogen) atoms. The van der Waals surface area contributed by atoms with Gasteiger partial charge in [0.15, 0.2) is 11.6 Å². The van der Waals surface area contributed by atoms with Crippen molar-refractivity contribution in [2.45, 2.75) is 97.3 Å². The maximum absolute atomic E-state index is 14.4. The third-order valence-electron chi connectivity index (χ3n) is 6.03. The summed E-state index contributed by atoms with van der Waals surface area (Å²) in [6, 6.07) is 3.06. The van der Waals surface area contributed by atoms with Crippen LogP contribution in [0.15, 0.2) is 12.1 Å². The zero-order valence-corrected chi connectivity index (χ0v) is 18.4. The molecule has 0 heterocycles. The monoisotopic (exact) mass is 404 g/mol. The Kier molecular flexibility index (Phi) is 11.1. The van der Waals surface area contributed by atoms with Gasteiger partial charge in [0.2, 0.25) is 5.82 Å². The fourth-order valence-electron chi connectivity index (χ4n) is 4.09. The highest BCUT2D eigenvalue weighted by Gasteiger charge is 2.20. The molecule has 0 aromatic heterocycles. The molecule has 0 radical (unpaired) electrons. The van der Waals surface area contributed by atoms with Gasteiger partial charge in [-0.05, 0) is 50.2 Å². The van der Waals surface area contributed by atoms with Crippen molar-refractivity contribution in [3.8, 4) is 17.6 Å². The summed E-state index contributed by atoms with van der Waals surface area (Å²) in [4.78, 5) is 0. The van der Waals surface area contributed by atoms with Crippen LogP contribution in [-0.4, -0.2) is 6.61 Å². The summed E-state index contributed by atoms with van der Waals surface area (Å²) < 4.78 is 34.0. The Bertz CT molecular complexity index is 651. The predicted octanol–water partition coefficient (Wildman–Crippen LogP) is 8.05. The van der Waals surface area contributed by atoms with Gasteiger partial charge in [0, 0.05) is 5.92 Å². The number of hydrogen-bond acceptors (Lipinski definition) is 1. The van der Waals surface area contributed by atoms with Gasteiger partial charge in [-0.25, -0.2) is 4.39 Å². The maximum Gasteiger partial charge on any atom is 0.201 e. The van der Waals surface area contributed by atoms with E-state index in [1.807, 2.05) is 0 Å². The number of halogens is 2. The maximum atomic E-state index is 14.4. The van der Waals surface area contributed by atoms with Gasteiger partial charge in [-0.1, -0.05) is 77.1 Å². The molecule has 2 rings (SSSR count). The van der Waals surface area contributed by atoms with Gasteiger partial charge in [-0.2, -0.15) is 4.39 Å². The fraction of sp³-hybridized carbons (Fsp3) is 0.692. The summed E-state index contributed by atoms with van der Waals surface area (Å²) in [5.74, 6) is 5.41. The van der Waals surface area contributed by atoms with Gasteiger partial charge in [-0.15, -0.1) is 0 Å². The van der Waals surface area contributed by atoms with E-state index < -0.39 is 11.6 Å². The van der Waals surface area contributed by atoms with Crippen molar-refractivity contribution in [3.63, 3.8) is 0 Å². The van der Waals surface area contributed by atoms with E-state index in [0.717, 1.165) is 44.4 Å². The molecular weight excluding hydrogens is 366 g/mol. The average Bonchev–Trinajstić information content (AvgIpc) is 2.74. The zero-order chi connectivity index (χ0) is 20.9. The van der Waals surface area contributed by atoms with E-state index in [1.54, 1.807) is 6.07 Å². The van der Waals surface area contributed by atoms with Gasteiger partial charge in [0.05, 0.1) is 12.2 Å².